The Morgan fingerprint density at radius 3 is 2.65 bits per heavy atom. The van der Waals surface area contributed by atoms with Crippen molar-refractivity contribution in [3.05, 3.63) is 34.6 Å². The molecule has 20 heavy (non-hydrogen) atoms. The van der Waals surface area contributed by atoms with Gasteiger partial charge in [-0.3, -0.25) is 4.79 Å². The molecule has 1 atom stereocenters. The lowest BCUT2D eigenvalue weighted by atomic mass is 9.87. The molecule has 0 saturated carbocycles. The number of hydrogen-bond donors (Lipinski definition) is 1. The summed E-state index contributed by atoms with van der Waals surface area (Å²) in [4.78, 5) is 12.0. The van der Waals surface area contributed by atoms with Gasteiger partial charge in [0.2, 0.25) is 0 Å². The van der Waals surface area contributed by atoms with E-state index in [1.807, 2.05) is 0 Å². The molecule has 2 N–H and O–H groups in total. The van der Waals surface area contributed by atoms with E-state index in [1.54, 1.807) is 12.1 Å². The average Bonchev–Trinajstić information content (AvgIpc) is 2.39. The summed E-state index contributed by atoms with van der Waals surface area (Å²) >= 11 is 5.71. The summed E-state index contributed by atoms with van der Waals surface area (Å²) in [7, 11) is 0. The fraction of sp³-hybridized carbons (Fsp3) is 0.562. The van der Waals surface area contributed by atoms with Gasteiger partial charge in [0.15, 0.2) is 0 Å². The van der Waals surface area contributed by atoms with Crippen LogP contribution in [0.15, 0.2) is 18.2 Å². The van der Waals surface area contributed by atoms with Gasteiger partial charge in [-0.25, -0.2) is 4.39 Å². The van der Waals surface area contributed by atoms with Crippen molar-refractivity contribution in [2.24, 2.45) is 17.6 Å². The molecule has 112 valence electrons. The Balaban J connectivity index is 2.53. The van der Waals surface area contributed by atoms with Crippen molar-refractivity contribution in [1.29, 1.82) is 0 Å². The third-order valence-electron chi connectivity index (χ3n) is 3.69. The first kappa shape index (κ1) is 17.1. The number of halogens is 2. The highest BCUT2D eigenvalue weighted by molar-refractivity contribution is 6.30. The predicted octanol–water partition coefficient (Wildman–Crippen LogP) is 3.99. The smallest absolute Gasteiger partial charge is 0.145 e. The van der Waals surface area contributed by atoms with Crippen LogP contribution in [0.3, 0.4) is 0 Å². The molecule has 0 aliphatic rings. The number of Topliss-reactive ketones (excluding diaryl/α,β-unsaturated/α-hetero) is 1. The average molecular weight is 300 g/mol. The van der Waals surface area contributed by atoms with Gasteiger partial charge in [0.25, 0.3) is 0 Å². The van der Waals surface area contributed by atoms with Gasteiger partial charge >= 0.3 is 0 Å². The van der Waals surface area contributed by atoms with Crippen molar-refractivity contribution in [1.82, 2.24) is 0 Å². The second kappa shape index (κ2) is 8.38. The molecule has 2 nitrogen and oxygen atoms in total. The van der Waals surface area contributed by atoms with Crippen LogP contribution < -0.4 is 5.73 Å². The number of rotatable bonds is 8. The van der Waals surface area contributed by atoms with Gasteiger partial charge in [0.05, 0.1) is 5.02 Å². The Hall–Kier alpha value is -0.930. The number of benzene rings is 1. The lowest BCUT2D eigenvalue weighted by Gasteiger charge is -2.19. The van der Waals surface area contributed by atoms with Crippen molar-refractivity contribution in [2.75, 3.05) is 6.54 Å². The van der Waals surface area contributed by atoms with Crippen molar-refractivity contribution < 1.29 is 9.18 Å². The zero-order valence-electron chi connectivity index (χ0n) is 12.2. The molecule has 0 spiro atoms. The highest BCUT2D eigenvalue weighted by Gasteiger charge is 2.16. The molecule has 0 heterocycles. The van der Waals surface area contributed by atoms with E-state index >= 15 is 0 Å². The van der Waals surface area contributed by atoms with Crippen LogP contribution in [0.1, 0.15) is 38.7 Å². The van der Waals surface area contributed by atoms with Crippen molar-refractivity contribution in [3.63, 3.8) is 0 Å². The number of carbonyl (C=O) groups is 1. The summed E-state index contributed by atoms with van der Waals surface area (Å²) in [5, 5.41) is 0.0680. The second-order valence-electron chi connectivity index (χ2n) is 5.55. The lowest BCUT2D eigenvalue weighted by Crippen LogP contribution is -2.16. The van der Waals surface area contributed by atoms with Crippen LogP contribution in [0.5, 0.6) is 0 Å². The Labute approximate surface area is 125 Å². The molecular weight excluding hydrogens is 277 g/mol. The molecule has 4 heteroatoms. The fourth-order valence-electron chi connectivity index (χ4n) is 2.36. The summed E-state index contributed by atoms with van der Waals surface area (Å²) in [5.74, 6) is 0.529. The minimum atomic E-state index is -0.482. The number of nitrogens with two attached hydrogens (primary N) is 1. The minimum Gasteiger partial charge on any atom is -0.330 e. The molecule has 0 aromatic heterocycles. The molecule has 0 radical (unpaired) electrons. The molecule has 1 aromatic rings. The first-order valence-electron chi connectivity index (χ1n) is 7.10. The van der Waals surface area contributed by atoms with E-state index in [2.05, 4.69) is 13.8 Å². The first-order chi connectivity index (χ1) is 9.45. The summed E-state index contributed by atoms with van der Waals surface area (Å²) in [5.41, 5.74) is 5.96. The van der Waals surface area contributed by atoms with Gasteiger partial charge in [-0.05, 0) is 42.9 Å². The molecular formula is C16H23ClFNO. The Morgan fingerprint density at radius 1 is 1.35 bits per heavy atom. The van der Waals surface area contributed by atoms with Gasteiger partial charge in [-0.1, -0.05) is 37.6 Å². The van der Waals surface area contributed by atoms with Gasteiger partial charge in [-0.2, -0.15) is 0 Å². The zero-order chi connectivity index (χ0) is 15.1. The largest absolute Gasteiger partial charge is 0.330 e. The van der Waals surface area contributed by atoms with Crippen LogP contribution in [-0.2, 0) is 11.2 Å². The molecule has 0 amide bonds. The van der Waals surface area contributed by atoms with E-state index in [0.717, 1.165) is 12.8 Å². The molecule has 0 bridgehead atoms. The molecule has 0 saturated heterocycles. The van der Waals surface area contributed by atoms with Crippen LogP contribution in [0, 0.1) is 17.7 Å². The van der Waals surface area contributed by atoms with E-state index in [9.17, 15) is 9.18 Å². The van der Waals surface area contributed by atoms with Crippen LogP contribution >= 0.6 is 11.6 Å². The van der Waals surface area contributed by atoms with Gasteiger partial charge < -0.3 is 5.73 Å². The first-order valence-corrected chi connectivity index (χ1v) is 7.48. The van der Waals surface area contributed by atoms with Crippen LogP contribution in [0.25, 0.3) is 0 Å². The molecule has 0 fully saturated rings. The highest BCUT2D eigenvalue weighted by atomic mass is 35.5. The number of ketones is 1. The summed E-state index contributed by atoms with van der Waals surface area (Å²) < 4.78 is 13.7. The maximum absolute atomic E-state index is 13.7. The number of hydrogen-bond acceptors (Lipinski definition) is 2. The standard InChI is InChI=1S/C16H23ClFNO/c1-11(2)12(8-9-19)6-7-14(20)10-13-4-3-5-15(17)16(13)18/h3-5,11-12H,6-10,19H2,1-2H3. The van der Waals surface area contributed by atoms with E-state index in [1.165, 1.54) is 6.07 Å². The van der Waals surface area contributed by atoms with Crippen LogP contribution in [-0.4, -0.2) is 12.3 Å². The molecule has 1 unspecified atom stereocenters. The monoisotopic (exact) mass is 299 g/mol. The SMILES string of the molecule is CC(C)C(CCN)CCC(=O)Cc1cccc(Cl)c1F. The highest BCUT2D eigenvalue weighted by Crippen LogP contribution is 2.22. The van der Waals surface area contributed by atoms with Crippen molar-refractivity contribution in [3.8, 4) is 0 Å². The predicted molar refractivity (Wildman–Crippen MR) is 81.4 cm³/mol. The van der Waals surface area contributed by atoms with E-state index < -0.39 is 5.82 Å². The molecule has 1 rings (SSSR count). The maximum atomic E-state index is 13.7. The van der Waals surface area contributed by atoms with E-state index in [-0.39, 0.29) is 17.2 Å². The molecule has 0 aliphatic heterocycles. The maximum Gasteiger partial charge on any atom is 0.145 e. The van der Waals surface area contributed by atoms with Gasteiger partial charge in [-0.15, -0.1) is 0 Å². The minimum absolute atomic E-state index is 0.0499. The number of carbonyl (C=O) groups excluding carboxylic acids is 1. The quantitative estimate of drug-likeness (QED) is 0.788. The van der Waals surface area contributed by atoms with Gasteiger partial charge in [0.1, 0.15) is 11.6 Å². The molecule has 0 aliphatic carbocycles. The fourth-order valence-corrected chi connectivity index (χ4v) is 2.55. The summed E-state index contributed by atoms with van der Waals surface area (Å²) in [6, 6.07) is 4.76. The second-order valence-corrected chi connectivity index (χ2v) is 5.96. The Morgan fingerprint density at radius 2 is 2.05 bits per heavy atom. The van der Waals surface area contributed by atoms with Crippen LogP contribution in [0.4, 0.5) is 4.39 Å². The Bertz CT molecular complexity index is 448. The third kappa shape index (κ3) is 5.22. The topological polar surface area (TPSA) is 43.1 Å². The normalized spacial score (nSPS) is 12.7. The zero-order valence-corrected chi connectivity index (χ0v) is 12.9. The summed E-state index contributed by atoms with van der Waals surface area (Å²) in [6.07, 6.45) is 2.32. The summed E-state index contributed by atoms with van der Waals surface area (Å²) in [6.45, 7) is 4.92. The molecule has 1 aromatic carbocycles. The van der Waals surface area contributed by atoms with Gasteiger partial charge in [0, 0.05) is 12.8 Å². The van der Waals surface area contributed by atoms with E-state index in [4.69, 9.17) is 17.3 Å². The van der Waals surface area contributed by atoms with Crippen molar-refractivity contribution in [2.45, 2.75) is 39.5 Å². The lowest BCUT2D eigenvalue weighted by molar-refractivity contribution is -0.118. The Kier molecular flexibility index (Phi) is 7.17. The van der Waals surface area contributed by atoms with Crippen molar-refractivity contribution >= 4 is 17.4 Å². The third-order valence-corrected chi connectivity index (χ3v) is 3.99. The van der Waals surface area contributed by atoms with Crippen LogP contribution in [0.2, 0.25) is 5.02 Å². The van der Waals surface area contributed by atoms with E-state index in [0.29, 0.717) is 30.4 Å².